The zero-order chi connectivity index (χ0) is 7.98. The highest BCUT2D eigenvalue weighted by atomic mass is 16.3. The zero-order valence-electron chi connectivity index (χ0n) is 6.84. The lowest BCUT2D eigenvalue weighted by Crippen LogP contribution is -2.21. The van der Waals surface area contributed by atoms with Crippen LogP contribution in [0.4, 0.5) is 0 Å². The van der Waals surface area contributed by atoms with E-state index in [0.29, 0.717) is 5.92 Å². The molecule has 2 atom stereocenters. The number of hydrogen-bond donors (Lipinski definition) is 1. The van der Waals surface area contributed by atoms with Crippen molar-refractivity contribution in [2.75, 3.05) is 0 Å². The Morgan fingerprint density at radius 1 is 1.20 bits per heavy atom. The van der Waals surface area contributed by atoms with Crippen LogP contribution in [0, 0.1) is 5.92 Å². The molecule has 1 rings (SSSR count). The van der Waals surface area contributed by atoms with Gasteiger partial charge >= 0.3 is 0 Å². The highest BCUT2D eigenvalue weighted by Gasteiger charge is 2.17. The molecule has 60 valence electrons. The maximum absolute atomic E-state index is 9.18. The van der Waals surface area contributed by atoms with Crippen LogP contribution in [0.5, 0.6) is 0 Å². The number of aliphatic hydroxyl groups is 1. The van der Waals surface area contributed by atoms with E-state index in [4.69, 9.17) is 0 Å². The van der Waals surface area contributed by atoms with Gasteiger partial charge in [0.15, 0.2) is 0 Å². The predicted octanol–water partition coefficient (Wildman–Crippen LogP) is 2.36. The van der Waals surface area contributed by atoms with Crippen LogP contribution >= 0.6 is 0 Å². The molecule has 0 radical (unpaired) electrons. The van der Waals surface area contributed by atoms with Crippen LogP contribution in [-0.2, 0) is 0 Å². The van der Waals surface area contributed by atoms with Crippen molar-refractivity contribution < 1.29 is 5.11 Å². The SMILES string of the molecule is C=C.CC1CCCCC1O. The molecule has 1 nitrogen and oxygen atoms in total. The van der Waals surface area contributed by atoms with Gasteiger partial charge in [0.2, 0.25) is 0 Å². The van der Waals surface area contributed by atoms with Gasteiger partial charge < -0.3 is 5.11 Å². The van der Waals surface area contributed by atoms with Crippen LogP contribution in [0.2, 0.25) is 0 Å². The first-order valence-electron chi connectivity index (χ1n) is 3.99. The molecule has 1 heteroatoms. The van der Waals surface area contributed by atoms with Crippen LogP contribution in [0.1, 0.15) is 32.6 Å². The molecule has 0 heterocycles. The molecule has 1 aliphatic rings. The van der Waals surface area contributed by atoms with Crippen LogP contribution in [0.3, 0.4) is 0 Å². The molecule has 0 saturated heterocycles. The fraction of sp³-hybridized carbons (Fsp3) is 0.778. The lowest BCUT2D eigenvalue weighted by Gasteiger charge is -2.23. The van der Waals surface area contributed by atoms with Crippen LogP contribution < -0.4 is 0 Å². The molecular weight excluding hydrogens is 124 g/mol. The van der Waals surface area contributed by atoms with Gasteiger partial charge in [0.05, 0.1) is 6.10 Å². The average molecular weight is 142 g/mol. The Bertz CT molecular complexity index is 70.8. The normalized spacial score (nSPS) is 32.2. The minimum Gasteiger partial charge on any atom is -0.393 e. The summed E-state index contributed by atoms with van der Waals surface area (Å²) in [4.78, 5) is 0. The van der Waals surface area contributed by atoms with Gasteiger partial charge in [-0.15, -0.1) is 13.2 Å². The molecule has 1 fully saturated rings. The number of hydrogen-bond acceptors (Lipinski definition) is 1. The second kappa shape index (κ2) is 5.48. The summed E-state index contributed by atoms with van der Waals surface area (Å²) < 4.78 is 0. The molecule has 0 amide bonds. The molecule has 1 saturated carbocycles. The first-order chi connectivity index (χ1) is 4.80. The Hall–Kier alpha value is -0.300. The highest BCUT2D eigenvalue weighted by Crippen LogP contribution is 2.22. The Labute approximate surface area is 63.8 Å². The fourth-order valence-electron chi connectivity index (χ4n) is 1.30. The van der Waals surface area contributed by atoms with Gasteiger partial charge in [-0.1, -0.05) is 19.8 Å². The molecule has 1 aliphatic carbocycles. The van der Waals surface area contributed by atoms with Gasteiger partial charge in [-0.3, -0.25) is 0 Å². The van der Waals surface area contributed by atoms with Gasteiger partial charge in [0, 0.05) is 0 Å². The molecule has 0 aromatic carbocycles. The summed E-state index contributed by atoms with van der Waals surface area (Å²) in [5.41, 5.74) is 0. The average Bonchev–Trinajstić information content (AvgIpc) is 2.00. The maximum atomic E-state index is 9.18. The van der Waals surface area contributed by atoms with E-state index in [2.05, 4.69) is 20.1 Å². The van der Waals surface area contributed by atoms with Gasteiger partial charge in [-0.2, -0.15) is 0 Å². The number of rotatable bonds is 0. The summed E-state index contributed by atoms with van der Waals surface area (Å²) >= 11 is 0. The standard InChI is InChI=1S/C7H14O.C2H4/c1-6-4-2-3-5-7(6)8;1-2/h6-8H,2-5H2,1H3;1-2H2. The lowest BCUT2D eigenvalue weighted by atomic mass is 9.88. The van der Waals surface area contributed by atoms with E-state index in [0.717, 1.165) is 6.42 Å². The summed E-state index contributed by atoms with van der Waals surface area (Å²) in [6.45, 7) is 8.13. The Balaban J connectivity index is 0.000000371. The largest absolute Gasteiger partial charge is 0.393 e. The first-order valence-corrected chi connectivity index (χ1v) is 3.99. The van der Waals surface area contributed by atoms with Crippen LogP contribution in [-0.4, -0.2) is 11.2 Å². The van der Waals surface area contributed by atoms with Crippen molar-refractivity contribution in [3.05, 3.63) is 13.2 Å². The summed E-state index contributed by atoms with van der Waals surface area (Å²) in [5.74, 6) is 0.559. The van der Waals surface area contributed by atoms with E-state index in [-0.39, 0.29) is 6.10 Å². The van der Waals surface area contributed by atoms with Crippen molar-refractivity contribution in [2.45, 2.75) is 38.7 Å². The van der Waals surface area contributed by atoms with Crippen LogP contribution in [0.15, 0.2) is 13.2 Å². The van der Waals surface area contributed by atoms with Gasteiger partial charge in [-0.05, 0) is 18.8 Å². The molecule has 0 aromatic rings. The van der Waals surface area contributed by atoms with E-state index in [1.54, 1.807) is 0 Å². The second-order valence-corrected chi connectivity index (χ2v) is 2.83. The molecule has 10 heavy (non-hydrogen) atoms. The quantitative estimate of drug-likeness (QED) is 0.515. The molecular formula is C9H18O. The van der Waals surface area contributed by atoms with Crippen LogP contribution in [0.25, 0.3) is 0 Å². The smallest absolute Gasteiger partial charge is 0.0565 e. The number of aliphatic hydroxyl groups excluding tert-OH is 1. The van der Waals surface area contributed by atoms with Crippen molar-refractivity contribution in [3.8, 4) is 0 Å². The third kappa shape index (κ3) is 3.02. The molecule has 0 bridgehead atoms. The summed E-state index contributed by atoms with van der Waals surface area (Å²) in [5, 5.41) is 9.18. The summed E-state index contributed by atoms with van der Waals surface area (Å²) in [7, 11) is 0. The monoisotopic (exact) mass is 142 g/mol. The van der Waals surface area contributed by atoms with Crippen molar-refractivity contribution in [3.63, 3.8) is 0 Å². The Morgan fingerprint density at radius 2 is 1.70 bits per heavy atom. The molecule has 0 aliphatic heterocycles. The Morgan fingerprint density at radius 3 is 2.00 bits per heavy atom. The second-order valence-electron chi connectivity index (χ2n) is 2.83. The van der Waals surface area contributed by atoms with Gasteiger partial charge in [-0.25, -0.2) is 0 Å². The first kappa shape index (κ1) is 9.70. The summed E-state index contributed by atoms with van der Waals surface area (Å²) in [6, 6.07) is 0. The molecule has 0 aromatic heterocycles. The Kier molecular flexibility index (Phi) is 5.32. The fourth-order valence-corrected chi connectivity index (χ4v) is 1.30. The predicted molar refractivity (Wildman–Crippen MR) is 44.9 cm³/mol. The van der Waals surface area contributed by atoms with Gasteiger partial charge in [0.25, 0.3) is 0 Å². The zero-order valence-corrected chi connectivity index (χ0v) is 6.84. The van der Waals surface area contributed by atoms with Crippen molar-refractivity contribution in [1.82, 2.24) is 0 Å². The molecule has 2 unspecified atom stereocenters. The van der Waals surface area contributed by atoms with E-state index in [1.807, 2.05) is 0 Å². The maximum Gasteiger partial charge on any atom is 0.0565 e. The minimum absolute atomic E-state index is 0.00347. The van der Waals surface area contributed by atoms with E-state index in [1.165, 1.54) is 19.3 Å². The van der Waals surface area contributed by atoms with E-state index < -0.39 is 0 Å². The van der Waals surface area contributed by atoms with Crippen molar-refractivity contribution in [1.29, 1.82) is 0 Å². The minimum atomic E-state index is 0.00347. The highest BCUT2D eigenvalue weighted by molar-refractivity contribution is 4.69. The van der Waals surface area contributed by atoms with Crippen molar-refractivity contribution >= 4 is 0 Å². The van der Waals surface area contributed by atoms with E-state index in [9.17, 15) is 5.11 Å². The third-order valence-electron chi connectivity index (χ3n) is 2.07. The molecule has 0 spiro atoms. The van der Waals surface area contributed by atoms with E-state index >= 15 is 0 Å². The molecule has 1 N–H and O–H groups in total. The lowest BCUT2D eigenvalue weighted by molar-refractivity contribution is 0.0793. The van der Waals surface area contributed by atoms with Gasteiger partial charge in [0.1, 0.15) is 0 Å². The van der Waals surface area contributed by atoms with Crippen molar-refractivity contribution in [2.24, 2.45) is 5.92 Å². The summed E-state index contributed by atoms with van der Waals surface area (Å²) in [6.07, 6.45) is 4.80. The topological polar surface area (TPSA) is 20.2 Å². The third-order valence-corrected chi connectivity index (χ3v) is 2.07.